The van der Waals surface area contributed by atoms with E-state index in [9.17, 15) is 9.59 Å². The maximum Gasteiger partial charge on any atom is 0.253 e. The van der Waals surface area contributed by atoms with Crippen LogP contribution in [0.4, 0.5) is 5.69 Å². The minimum atomic E-state index is -0.621. The number of hydrogen-bond donors (Lipinski definition) is 2. The second-order valence-electron chi connectivity index (χ2n) is 5.68. The number of fused-ring (bicyclic) bond motifs is 1. The molecule has 0 bridgehead atoms. The van der Waals surface area contributed by atoms with E-state index in [1.165, 1.54) is 11.1 Å². The van der Waals surface area contributed by atoms with Gasteiger partial charge in [-0.15, -0.1) is 0 Å². The smallest absolute Gasteiger partial charge is 0.253 e. The molecule has 0 atom stereocenters. The summed E-state index contributed by atoms with van der Waals surface area (Å²) in [5, 5.41) is 4.16. The Labute approximate surface area is 138 Å². The first kappa shape index (κ1) is 15.5. The first-order valence-electron chi connectivity index (χ1n) is 7.27. The number of hydrogen-bond acceptors (Lipinski definition) is 4. The number of primary amides is 1. The van der Waals surface area contributed by atoms with Gasteiger partial charge in [0.25, 0.3) is 11.8 Å². The molecule has 0 saturated carbocycles. The van der Waals surface area contributed by atoms with Crippen molar-refractivity contribution < 1.29 is 9.59 Å². The molecule has 2 aromatic heterocycles. The highest BCUT2D eigenvalue weighted by Gasteiger charge is 2.14. The van der Waals surface area contributed by atoms with Gasteiger partial charge in [0.1, 0.15) is 0 Å². The summed E-state index contributed by atoms with van der Waals surface area (Å²) in [6.07, 6.45) is 3.14. The molecule has 0 aliphatic carbocycles. The minimum absolute atomic E-state index is 0.0748. The van der Waals surface area contributed by atoms with Crippen LogP contribution in [0.25, 0.3) is 16.6 Å². The molecular formula is C17H17N5O2. The normalized spacial score (nSPS) is 10.8. The fraction of sp³-hybridized carbons (Fsp3) is 0.118. The molecule has 0 aliphatic heterocycles. The Morgan fingerprint density at radius 3 is 2.58 bits per heavy atom. The van der Waals surface area contributed by atoms with Crippen molar-refractivity contribution in [3.8, 4) is 11.1 Å². The van der Waals surface area contributed by atoms with Crippen LogP contribution in [0.5, 0.6) is 0 Å². The Kier molecular flexibility index (Phi) is 3.69. The van der Waals surface area contributed by atoms with E-state index in [1.54, 1.807) is 30.9 Å². The number of carbonyl (C=O) groups is 2. The third kappa shape index (κ3) is 2.56. The Morgan fingerprint density at radius 2 is 1.92 bits per heavy atom. The second-order valence-corrected chi connectivity index (χ2v) is 5.68. The van der Waals surface area contributed by atoms with E-state index in [4.69, 9.17) is 11.5 Å². The molecule has 24 heavy (non-hydrogen) atoms. The summed E-state index contributed by atoms with van der Waals surface area (Å²) in [7, 11) is 3.41. The highest BCUT2D eigenvalue weighted by atomic mass is 16.2. The van der Waals surface area contributed by atoms with Crippen LogP contribution in [0, 0.1) is 0 Å². The van der Waals surface area contributed by atoms with E-state index in [0.29, 0.717) is 11.1 Å². The fourth-order valence-corrected chi connectivity index (χ4v) is 2.52. The van der Waals surface area contributed by atoms with Gasteiger partial charge in [-0.1, -0.05) is 12.1 Å². The van der Waals surface area contributed by atoms with E-state index < -0.39 is 5.91 Å². The van der Waals surface area contributed by atoms with Gasteiger partial charge in [-0.05, 0) is 23.8 Å². The van der Waals surface area contributed by atoms with Crippen molar-refractivity contribution in [2.24, 2.45) is 5.73 Å². The Balaban J connectivity index is 2.10. The van der Waals surface area contributed by atoms with Crippen LogP contribution in [0.3, 0.4) is 0 Å². The number of anilines is 1. The third-order valence-electron chi connectivity index (χ3n) is 3.79. The zero-order valence-electron chi connectivity index (χ0n) is 13.4. The van der Waals surface area contributed by atoms with Crippen LogP contribution in [-0.2, 0) is 0 Å². The zero-order valence-corrected chi connectivity index (χ0v) is 13.4. The monoisotopic (exact) mass is 323 g/mol. The predicted octanol–water partition coefficient (Wildman–Crippen LogP) is 1.38. The van der Waals surface area contributed by atoms with Crippen molar-refractivity contribution in [3.63, 3.8) is 0 Å². The second kappa shape index (κ2) is 5.69. The van der Waals surface area contributed by atoms with Gasteiger partial charge in [0.2, 0.25) is 0 Å². The average molecular weight is 323 g/mol. The summed E-state index contributed by atoms with van der Waals surface area (Å²) in [4.78, 5) is 25.0. The highest BCUT2D eigenvalue weighted by Crippen LogP contribution is 2.27. The van der Waals surface area contributed by atoms with Crippen molar-refractivity contribution in [2.45, 2.75) is 0 Å². The highest BCUT2D eigenvalue weighted by molar-refractivity contribution is 6.01. The summed E-state index contributed by atoms with van der Waals surface area (Å²) in [6.45, 7) is 0. The van der Waals surface area contributed by atoms with E-state index in [1.807, 2.05) is 24.3 Å². The number of carbonyl (C=O) groups excluding carboxylic acids is 2. The number of benzene rings is 1. The van der Waals surface area contributed by atoms with Crippen molar-refractivity contribution in [1.82, 2.24) is 14.5 Å². The van der Waals surface area contributed by atoms with Crippen LogP contribution in [0.2, 0.25) is 0 Å². The van der Waals surface area contributed by atoms with Crippen molar-refractivity contribution >= 4 is 23.0 Å². The average Bonchev–Trinajstić information content (AvgIpc) is 2.99. The fourth-order valence-electron chi connectivity index (χ4n) is 2.52. The molecule has 0 spiro atoms. The Hall–Kier alpha value is -3.35. The Bertz CT molecular complexity index is 959. The molecule has 0 aliphatic rings. The summed E-state index contributed by atoms with van der Waals surface area (Å²) in [6, 6.07) is 9.10. The van der Waals surface area contributed by atoms with Gasteiger partial charge in [-0.25, -0.2) is 4.52 Å². The molecule has 7 nitrogen and oxygen atoms in total. The molecule has 1 aromatic carbocycles. The third-order valence-corrected chi connectivity index (χ3v) is 3.79. The molecule has 0 unspecified atom stereocenters. The minimum Gasteiger partial charge on any atom is -0.396 e. The van der Waals surface area contributed by atoms with Gasteiger partial charge < -0.3 is 16.4 Å². The maximum atomic E-state index is 12.1. The van der Waals surface area contributed by atoms with Crippen LogP contribution < -0.4 is 11.5 Å². The van der Waals surface area contributed by atoms with Gasteiger partial charge >= 0.3 is 0 Å². The van der Waals surface area contributed by atoms with Gasteiger partial charge in [0, 0.05) is 31.4 Å². The lowest BCUT2D eigenvalue weighted by Gasteiger charge is -2.10. The summed E-state index contributed by atoms with van der Waals surface area (Å²) in [5.74, 6) is -0.696. The van der Waals surface area contributed by atoms with Crippen LogP contribution in [0.15, 0.2) is 42.7 Å². The molecule has 7 heteroatoms. The largest absolute Gasteiger partial charge is 0.396 e. The first-order chi connectivity index (χ1) is 11.4. The molecule has 122 valence electrons. The zero-order chi connectivity index (χ0) is 17.4. The number of nitrogens with two attached hydrogens (primary N) is 2. The van der Waals surface area contributed by atoms with Gasteiger partial charge in [0.15, 0.2) is 0 Å². The number of rotatable bonds is 3. The number of nitrogens with zero attached hydrogens (tertiary/aromatic N) is 3. The van der Waals surface area contributed by atoms with Gasteiger partial charge in [-0.2, -0.15) is 5.10 Å². The molecular weight excluding hydrogens is 306 g/mol. The quantitative estimate of drug-likeness (QED) is 0.759. The van der Waals surface area contributed by atoms with Crippen molar-refractivity contribution in [1.29, 1.82) is 0 Å². The van der Waals surface area contributed by atoms with E-state index in [-0.39, 0.29) is 17.2 Å². The lowest BCUT2D eigenvalue weighted by atomic mass is 10.0. The molecule has 2 heterocycles. The van der Waals surface area contributed by atoms with Gasteiger partial charge in [-0.3, -0.25) is 9.59 Å². The van der Waals surface area contributed by atoms with Gasteiger partial charge in [0.05, 0.1) is 23.0 Å². The molecule has 2 amide bonds. The summed E-state index contributed by atoms with van der Waals surface area (Å²) in [5.41, 5.74) is 14.6. The number of aromatic nitrogens is 2. The van der Waals surface area contributed by atoms with E-state index in [0.717, 1.165) is 11.1 Å². The SMILES string of the molecule is CN(C)C(=O)c1cccc(-c2cc3c(N)c(C(N)=O)cnn3c2)c1. The standard InChI is InChI=1S/C17H17N5O2/c1-21(2)17(24)11-5-3-4-10(6-11)12-7-14-15(18)13(16(19)23)8-20-22(14)9-12/h3-9H,18H2,1-2H3,(H2,19,23). The topological polar surface area (TPSA) is 107 Å². The van der Waals surface area contributed by atoms with E-state index in [2.05, 4.69) is 5.10 Å². The molecule has 0 fully saturated rings. The number of amides is 2. The predicted molar refractivity (Wildman–Crippen MR) is 91.6 cm³/mol. The number of nitrogen functional groups attached to an aromatic ring is 1. The molecule has 0 saturated heterocycles. The van der Waals surface area contributed by atoms with Crippen LogP contribution >= 0.6 is 0 Å². The van der Waals surface area contributed by atoms with Crippen LogP contribution in [-0.4, -0.2) is 40.4 Å². The Morgan fingerprint density at radius 1 is 1.17 bits per heavy atom. The van der Waals surface area contributed by atoms with Crippen LogP contribution in [0.1, 0.15) is 20.7 Å². The molecule has 4 N–H and O–H groups in total. The maximum absolute atomic E-state index is 12.1. The summed E-state index contributed by atoms with van der Waals surface area (Å²) >= 11 is 0. The van der Waals surface area contributed by atoms with Crippen molar-refractivity contribution in [3.05, 3.63) is 53.9 Å². The van der Waals surface area contributed by atoms with E-state index >= 15 is 0 Å². The summed E-state index contributed by atoms with van der Waals surface area (Å²) < 4.78 is 1.58. The molecule has 0 radical (unpaired) electrons. The lowest BCUT2D eigenvalue weighted by Crippen LogP contribution is -2.21. The lowest BCUT2D eigenvalue weighted by molar-refractivity contribution is 0.0827. The van der Waals surface area contributed by atoms with Crippen molar-refractivity contribution in [2.75, 3.05) is 19.8 Å². The first-order valence-corrected chi connectivity index (χ1v) is 7.27. The molecule has 3 aromatic rings. The molecule has 3 rings (SSSR count).